The van der Waals surface area contributed by atoms with Gasteiger partial charge in [-0.25, -0.2) is 0 Å². The van der Waals surface area contributed by atoms with E-state index in [9.17, 15) is 34.5 Å². The second kappa shape index (κ2) is 10.3. The van der Waals surface area contributed by atoms with Crippen LogP contribution in [0.1, 0.15) is 114 Å². The lowest BCUT2D eigenvalue weighted by Gasteiger charge is -2.64. The van der Waals surface area contributed by atoms with Crippen LogP contribution in [0.15, 0.2) is 11.6 Å². The standard InChI is InChI=1S/C34H52O8/c1-10-11-26(39)42-29(2,3)15-14-24(37)34(9,41)27-22(36)17-31(6)23-13-12-19-20(16-21(35)28(40)30(19,4)5)33(23,8)25(38)18-32(27,31)7/h12,20-23,27,35-36,41H,10-11,13-18H2,1-9H3/t20-,21+,22-,23+,27+,31+,32-,33+,34+/m1/s1. The van der Waals surface area contributed by atoms with Gasteiger partial charge in [0, 0.05) is 36.0 Å². The smallest absolute Gasteiger partial charge is 0.306 e. The number of esters is 1. The van der Waals surface area contributed by atoms with Crippen molar-refractivity contribution in [2.45, 2.75) is 137 Å². The van der Waals surface area contributed by atoms with Crippen molar-refractivity contribution >= 4 is 23.3 Å². The number of aliphatic hydroxyl groups is 3. The maximum Gasteiger partial charge on any atom is 0.306 e. The molecule has 8 nitrogen and oxygen atoms in total. The van der Waals surface area contributed by atoms with Gasteiger partial charge in [-0.1, -0.05) is 39.3 Å². The molecule has 4 aliphatic rings. The number of allylic oxidation sites excluding steroid dienone is 2. The number of fused-ring (bicyclic) bond motifs is 5. The second-order valence-corrected chi connectivity index (χ2v) is 15.8. The summed E-state index contributed by atoms with van der Waals surface area (Å²) in [5, 5.41) is 34.2. The molecule has 0 aromatic heterocycles. The highest BCUT2D eigenvalue weighted by molar-refractivity contribution is 5.95. The maximum atomic E-state index is 14.4. The molecule has 8 heteroatoms. The molecule has 9 atom stereocenters. The molecular formula is C34H52O8. The molecule has 0 bridgehead atoms. The minimum Gasteiger partial charge on any atom is -0.460 e. The molecule has 0 aromatic carbocycles. The number of hydrogen-bond acceptors (Lipinski definition) is 8. The number of rotatable bonds is 8. The Kier molecular flexibility index (Phi) is 8.12. The van der Waals surface area contributed by atoms with Crippen molar-refractivity contribution in [1.29, 1.82) is 0 Å². The Morgan fingerprint density at radius 3 is 2.24 bits per heavy atom. The summed E-state index contributed by atoms with van der Waals surface area (Å²) in [6.07, 6.45) is 2.20. The number of aliphatic hydroxyl groups excluding tert-OH is 2. The normalized spacial score (nSPS) is 40.8. The van der Waals surface area contributed by atoms with E-state index in [-0.39, 0.29) is 55.1 Å². The Bertz CT molecular complexity index is 1200. The van der Waals surface area contributed by atoms with Crippen LogP contribution in [0.25, 0.3) is 0 Å². The van der Waals surface area contributed by atoms with Crippen LogP contribution in [0.2, 0.25) is 0 Å². The van der Waals surface area contributed by atoms with Gasteiger partial charge in [0.2, 0.25) is 0 Å². The molecule has 0 aliphatic heterocycles. The van der Waals surface area contributed by atoms with Crippen molar-refractivity contribution < 1.29 is 39.2 Å². The highest BCUT2D eigenvalue weighted by Crippen LogP contribution is 2.74. The van der Waals surface area contributed by atoms with Gasteiger partial charge in [-0.2, -0.15) is 0 Å². The fourth-order valence-corrected chi connectivity index (χ4v) is 9.85. The fourth-order valence-electron chi connectivity index (χ4n) is 9.85. The van der Waals surface area contributed by atoms with E-state index in [2.05, 4.69) is 13.0 Å². The van der Waals surface area contributed by atoms with E-state index in [0.717, 1.165) is 5.57 Å². The number of ketones is 3. The van der Waals surface area contributed by atoms with Crippen LogP contribution >= 0.6 is 0 Å². The molecule has 3 fully saturated rings. The lowest BCUT2D eigenvalue weighted by Crippen LogP contribution is -2.65. The predicted octanol–water partition coefficient (Wildman–Crippen LogP) is 4.50. The van der Waals surface area contributed by atoms with Gasteiger partial charge >= 0.3 is 5.97 Å². The summed E-state index contributed by atoms with van der Waals surface area (Å²) in [5.41, 5.74) is -5.08. The van der Waals surface area contributed by atoms with Gasteiger partial charge in [0.15, 0.2) is 11.6 Å². The van der Waals surface area contributed by atoms with Crippen molar-refractivity contribution in [2.75, 3.05) is 0 Å². The second-order valence-electron chi connectivity index (χ2n) is 15.8. The summed E-state index contributed by atoms with van der Waals surface area (Å²) in [6.45, 7) is 16.5. The van der Waals surface area contributed by atoms with E-state index in [1.807, 2.05) is 34.6 Å². The SMILES string of the molecule is CCCC(=O)OC(C)(C)CCC(=O)[C@](C)(O)[C@H]1[C@H](O)C[C@@]2(C)[C@@H]3CC=C4[C@@H](C[C@H](O)C(=O)C4(C)C)[C@]3(C)C(=O)C[C@]12C. The summed E-state index contributed by atoms with van der Waals surface area (Å²) in [7, 11) is 0. The summed E-state index contributed by atoms with van der Waals surface area (Å²) < 4.78 is 5.55. The first-order chi connectivity index (χ1) is 19.1. The summed E-state index contributed by atoms with van der Waals surface area (Å²) in [4.78, 5) is 53.0. The molecule has 0 saturated heterocycles. The monoisotopic (exact) mass is 588 g/mol. The third-order valence-electron chi connectivity index (χ3n) is 12.4. The van der Waals surface area contributed by atoms with Gasteiger partial charge in [-0.3, -0.25) is 19.2 Å². The molecule has 0 heterocycles. The summed E-state index contributed by atoms with van der Waals surface area (Å²) >= 11 is 0. The number of carbonyl (C=O) groups excluding carboxylic acids is 4. The van der Waals surface area contributed by atoms with Crippen LogP contribution < -0.4 is 0 Å². The van der Waals surface area contributed by atoms with Crippen LogP contribution in [-0.4, -0.2) is 62.0 Å². The zero-order valence-electron chi connectivity index (χ0n) is 27.0. The molecule has 42 heavy (non-hydrogen) atoms. The third kappa shape index (κ3) is 4.66. The average molecular weight is 589 g/mol. The van der Waals surface area contributed by atoms with Crippen molar-refractivity contribution in [3.8, 4) is 0 Å². The van der Waals surface area contributed by atoms with Gasteiger partial charge in [0.05, 0.1) is 6.10 Å². The number of ether oxygens (including phenoxy) is 1. The van der Waals surface area contributed by atoms with Crippen molar-refractivity contribution in [1.82, 2.24) is 0 Å². The predicted molar refractivity (Wildman–Crippen MR) is 157 cm³/mol. The van der Waals surface area contributed by atoms with Crippen LogP contribution in [0.3, 0.4) is 0 Å². The Balaban J connectivity index is 1.65. The molecule has 0 spiro atoms. The fraction of sp³-hybridized carbons (Fsp3) is 0.824. The molecule has 4 aliphatic carbocycles. The lowest BCUT2D eigenvalue weighted by molar-refractivity contribution is -0.185. The first kappa shape index (κ1) is 33.0. The molecule has 0 amide bonds. The molecule has 0 aromatic rings. The molecular weight excluding hydrogens is 536 g/mol. The van der Waals surface area contributed by atoms with Crippen LogP contribution in [0.4, 0.5) is 0 Å². The van der Waals surface area contributed by atoms with Gasteiger partial charge in [0.25, 0.3) is 0 Å². The number of Topliss-reactive ketones (excluding diaryl/α,β-unsaturated/α-hetero) is 3. The largest absolute Gasteiger partial charge is 0.460 e. The number of carbonyl (C=O) groups is 4. The topological polar surface area (TPSA) is 138 Å². The van der Waals surface area contributed by atoms with Crippen molar-refractivity contribution in [3.63, 3.8) is 0 Å². The van der Waals surface area contributed by atoms with E-state index in [1.54, 1.807) is 13.8 Å². The third-order valence-corrected chi connectivity index (χ3v) is 12.4. The molecule has 4 rings (SSSR count). The van der Waals surface area contributed by atoms with Crippen LogP contribution in [0, 0.1) is 39.4 Å². The van der Waals surface area contributed by atoms with E-state index >= 15 is 0 Å². The van der Waals surface area contributed by atoms with Gasteiger partial charge in [0.1, 0.15) is 23.1 Å². The van der Waals surface area contributed by atoms with E-state index in [1.165, 1.54) is 6.92 Å². The Labute approximate surface area is 250 Å². The lowest BCUT2D eigenvalue weighted by atomic mass is 9.38. The van der Waals surface area contributed by atoms with Crippen LogP contribution in [0.5, 0.6) is 0 Å². The quantitative estimate of drug-likeness (QED) is 0.278. The molecule has 3 N–H and O–H groups in total. The summed E-state index contributed by atoms with van der Waals surface area (Å²) in [6, 6.07) is 0. The molecule has 0 unspecified atom stereocenters. The van der Waals surface area contributed by atoms with E-state index < -0.39 is 56.8 Å². The zero-order valence-corrected chi connectivity index (χ0v) is 27.0. The Morgan fingerprint density at radius 1 is 1.02 bits per heavy atom. The van der Waals surface area contributed by atoms with Crippen molar-refractivity contribution in [2.24, 2.45) is 39.4 Å². The minimum absolute atomic E-state index is 0.00765. The zero-order chi connectivity index (χ0) is 31.8. The maximum absolute atomic E-state index is 14.4. The van der Waals surface area contributed by atoms with Crippen LogP contribution in [-0.2, 0) is 23.9 Å². The Hall–Kier alpha value is -1.90. The van der Waals surface area contributed by atoms with Gasteiger partial charge < -0.3 is 20.1 Å². The van der Waals surface area contributed by atoms with E-state index in [4.69, 9.17) is 4.74 Å². The number of hydrogen-bond donors (Lipinski definition) is 3. The minimum atomic E-state index is -1.91. The van der Waals surface area contributed by atoms with Gasteiger partial charge in [-0.05, 0) is 89.4 Å². The average Bonchev–Trinajstić information content (AvgIpc) is 3.06. The first-order valence-electron chi connectivity index (χ1n) is 15.7. The van der Waals surface area contributed by atoms with E-state index in [0.29, 0.717) is 25.7 Å². The first-order valence-corrected chi connectivity index (χ1v) is 15.7. The summed E-state index contributed by atoms with van der Waals surface area (Å²) in [5.74, 6) is -2.39. The molecule has 0 radical (unpaired) electrons. The van der Waals surface area contributed by atoms with Gasteiger partial charge in [-0.15, -0.1) is 0 Å². The highest BCUT2D eigenvalue weighted by atomic mass is 16.6. The molecule has 236 valence electrons. The Morgan fingerprint density at radius 2 is 1.64 bits per heavy atom. The van der Waals surface area contributed by atoms with Crippen molar-refractivity contribution in [3.05, 3.63) is 11.6 Å². The highest BCUT2D eigenvalue weighted by Gasteiger charge is 2.74. The molecule has 3 saturated carbocycles.